The molecule has 0 bridgehead atoms. The minimum absolute atomic E-state index is 0.0677. The van der Waals surface area contributed by atoms with Gasteiger partial charge in [-0.3, -0.25) is 9.69 Å². The molecular weight excluding hydrogens is 474 g/mol. The van der Waals surface area contributed by atoms with Crippen LogP contribution in [0.25, 0.3) is 0 Å². The lowest BCUT2D eigenvalue weighted by atomic mass is 9.89. The minimum Gasteiger partial charge on any atom is -0.332 e. The molecule has 0 aromatic rings. The van der Waals surface area contributed by atoms with Crippen molar-refractivity contribution in [2.75, 3.05) is 32.4 Å². The normalized spacial score (nSPS) is 18.2. The maximum atomic E-state index is 12.8. The standard InChI is InChI=1S/C28H43N3O4S/c1-7-9-10-11-13-24(3)14-12-19-30-20-17-28(5,18-21-30)29-27(33)31(23-32)22-25(4)15-16-26(8-2)36(6,34)35/h7-11,13,15-16,23-24H,1-2,12,14,17-22H2,3-6H3,(H,29,33)/b10-9-,13-11-,25-15+,26-16+. The van der Waals surface area contributed by atoms with Gasteiger partial charge in [-0.1, -0.05) is 68.2 Å². The first-order valence-electron chi connectivity index (χ1n) is 12.4. The molecule has 1 saturated heterocycles. The molecule has 1 fully saturated rings. The summed E-state index contributed by atoms with van der Waals surface area (Å²) in [6, 6.07) is -0.448. The molecule has 0 aliphatic carbocycles. The number of allylic oxidation sites excluding steroid dienone is 8. The lowest BCUT2D eigenvalue weighted by Crippen LogP contribution is -2.56. The second kappa shape index (κ2) is 15.4. The third-order valence-corrected chi connectivity index (χ3v) is 7.43. The molecule has 0 aromatic carbocycles. The number of nitrogens with one attached hydrogen (secondary N) is 1. The van der Waals surface area contributed by atoms with Gasteiger partial charge in [0.1, 0.15) is 0 Å². The van der Waals surface area contributed by atoms with Crippen molar-refractivity contribution < 1.29 is 18.0 Å². The van der Waals surface area contributed by atoms with Gasteiger partial charge in [-0.25, -0.2) is 13.2 Å². The number of carbonyl (C=O) groups excluding carboxylic acids is 2. The Morgan fingerprint density at radius 2 is 1.83 bits per heavy atom. The van der Waals surface area contributed by atoms with Crippen molar-refractivity contribution in [3.05, 3.63) is 72.2 Å². The number of hydrogen-bond acceptors (Lipinski definition) is 5. The minimum atomic E-state index is -3.39. The van der Waals surface area contributed by atoms with E-state index in [2.05, 4.69) is 42.5 Å². The number of amides is 3. The summed E-state index contributed by atoms with van der Waals surface area (Å²) in [5, 5.41) is 3.03. The van der Waals surface area contributed by atoms with E-state index in [-0.39, 0.29) is 17.0 Å². The van der Waals surface area contributed by atoms with Crippen LogP contribution in [0.2, 0.25) is 0 Å². The summed E-state index contributed by atoms with van der Waals surface area (Å²) in [5.74, 6) is 0.519. The lowest BCUT2D eigenvalue weighted by Gasteiger charge is -2.40. The highest BCUT2D eigenvalue weighted by Crippen LogP contribution is 2.23. The number of urea groups is 1. The number of likely N-dealkylation sites (tertiary alicyclic amines) is 1. The van der Waals surface area contributed by atoms with Crippen molar-refractivity contribution in [1.82, 2.24) is 15.1 Å². The summed E-state index contributed by atoms with van der Waals surface area (Å²) in [7, 11) is -3.39. The predicted octanol–water partition coefficient (Wildman–Crippen LogP) is 4.78. The molecule has 0 aromatic heterocycles. The summed E-state index contributed by atoms with van der Waals surface area (Å²) >= 11 is 0. The van der Waals surface area contributed by atoms with Gasteiger partial charge in [-0.15, -0.1) is 0 Å². The summed E-state index contributed by atoms with van der Waals surface area (Å²) in [4.78, 5) is 28.0. The quantitative estimate of drug-likeness (QED) is 0.265. The van der Waals surface area contributed by atoms with Crippen LogP contribution >= 0.6 is 0 Å². The van der Waals surface area contributed by atoms with E-state index in [0.717, 1.165) is 56.5 Å². The topological polar surface area (TPSA) is 86.8 Å². The molecule has 1 rings (SSSR count). The van der Waals surface area contributed by atoms with Crippen molar-refractivity contribution in [3.63, 3.8) is 0 Å². The van der Waals surface area contributed by atoms with Crippen LogP contribution < -0.4 is 5.32 Å². The first-order valence-corrected chi connectivity index (χ1v) is 14.3. The van der Waals surface area contributed by atoms with Gasteiger partial charge in [0.05, 0.1) is 11.4 Å². The van der Waals surface area contributed by atoms with E-state index in [1.165, 1.54) is 12.2 Å². The number of imide groups is 1. The Morgan fingerprint density at radius 3 is 2.39 bits per heavy atom. The van der Waals surface area contributed by atoms with Gasteiger partial charge in [0.2, 0.25) is 6.41 Å². The largest absolute Gasteiger partial charge is 0.332 e. The summed E-state index contributed by atoms with van der Waals surface area (Å²) in [6.07, 6.45) is 19.7. The number of rotatable bonds is 14. The first kappa shape index (κ1) is 31.3. The summed E-state index contributed by atoms with van der Waals surface area (Å²) in [6.45, 7) is 16.0. The third-order valence-electron chi connectivity index (χ3n) is 6.27. The average Bonchev–Trinajstić information content (AvgIpc) is 2.81. The van der Waals surface area contributed by atoms with E-state index >= 15 is 0 Å². The molecule has 1 N–H and O–H groups in total. The lowest BCUT2D eigenvalue weighted by molar-refractivity contribution is -0.115. The zero-order chi connectivity index (χ0) is 27.2. The zero-order valence-corrected chi connectivity index (χ0v) is 23.1. The van der Waals surface area contributed by atoms with Crippen LogP contribution in [0.15, 0.2) is 72.2 Å². The van der Waals surface area contributed by atoms with Crippen molar-refractivity contribution in [1.29, 1.82) is 0 Å². The molecular formula is C28H43N3O4S. The first-order chi connectivity index (χ1) is 16.9. The third kappa shape index (κ3) is 11.8. The van der Waals surface area contributed by atoms with Crippen molar-refractivity contribution in [2.24, 2.45) is 5.92 Å². The highest BCUT2D eigenvalue weighted by molar-refractivity contribution is 7.94. The Kier molecular flexibility index (Phi) is 13.4. The monoisotopic (exact) mass is 517 g/mol. The second-order valence-electron chi connectivity index (χ2n) is 9.75. The molecule has 0 saturated carbocycles. The van der Waals surface area contributed by atoms with Crippen LogP contribution in [0, 0.1) is 5.92 Å². The number of sulfone groups is 1. The average molecular weight is 518 g/mol. The number of carbonyl (C=O) groups is 2. The SMILES string of the molecule is C=C/C=C\C=C/C(C)CCCN1CCC(C)(NC(=O)N(C=O)C/C(C)=C/C=C(\C=C)S(C)(=O)=O)CC1. The van der Waals surface area contributed by atoms with Gasteiger partial charge in [-0.05, 0) is 58.1 Å². The summed E-state index contributed by atoms with van der Waals surface area (Å²) in [5.41, 5.74) is 0.285. The maximum absolute atomic E-state index is 12.8. The number of hydrogen-bond donors (Lipinski definition) is 1. The van der Waals surface area contributed by atoms with Crippen molar-refractivity contribution in [3.8, 4) is 0 Å². The Hall–Kier alpha value is -2.71. The molecule has 0 radical (unpaired) electrons. The van der Waals surface area contributed by atoms with Gasteiger partial charge in [0.25, 0.3) is 0 Å². The van der Waals surface area contributed by atoms with Crippen LogP contribution in [0.1, 0.15) is 46.5 Å². The fraction of sp³-hybridized carbons (Fsp3) is 0.500. The van der Waals surface area contributed by atoms with Gasteiger partial charge in [0.15, 0.2) is 9.84 Å². The second-order valence-corrected chi connectivity index (χ2v) is 11.8. The van der Waals surface area contributed by atoms with E-state index in [1.54, 1.807) is 19.1 Å². The maximum Gasteiger partial charge on any atom is 0.324 e. The van der Waals surface area contributed by atoms with Crippen LogP contribution in [-0.4, -0.2) is 68.6 Å². The molecule has 1 aliphatic rings. The van der Waals surface area contributed by atoms with Crippen molar-refractivity contribution in [2.45, 2.75) is 52.0 Å². The molecule has 1 aliphatic heterocycles. The summed E-state index contributed by atoms with van der Waals surface area (Å²) < 4.78 is 23.4. The molecule has 200 valence electrons. The number of nitrogens with zero attached hydrogens (tertiary/aromatic N) is 2. The molecule has 8 heteroatoms. The van der Waals surface area contributed by atoms with Gasteiger partial charge >= 0.3 is 6.03 Å². The van der Waals surface area contributed by atoms with Gasteiger partial charge in [0, 0.05) is 24.9 Å². The Labute approximate surface area is 217 Å². The molecule has 1 heterocycles. The Balaban J connectivity index is 2.55. The van der Waals surface area contributed by atoms with E-state index in [0.29, 0.717) is 17.9 Å². The smallest absolute Gasteiger partial charge is 0.324 e. The Morgan fingerprint density at radius 1 is 1.17 bits per heavy atom. The van der Waals surface area contributed by atoms with Crippen molar-refractivity contribution >= 4 is 22.3 Å². The van der Waals surface area contributed by atoms with Gasteiger partial charge in [-0.2, -0.15) is 0 Å². The molecule has 36 heavy (non-hydrogen) atoms. The fourth-order valence-corrected chi connectivity index (χ4v) is 4.52. The van der Waals surface area contributed by atoms with E-state index in [1.807, 2.05) is 19.1 Å². The zero-order valence-electron chi connectivity index (χ0n) is 22.3. The molecule has 1 atom stereocenters. The molecule has 7 nitrogen and oxygen atoms in total. The van der Waals surface area contributed by atoms with E-state index in [4.69, 9.17) is 0 Å². The fourth-order valence-electron chi connectivity index (χ4n) is 3.90. The van der Waals surface area contributed by atoms with Crippen LogP contribution in [0.3, 0.4) is 0 Å². The van der Waals surface area contributed by atoms with Crippen LogP contribution in [0.4, 0.5) is 4.79 Å². The molecule has 1 unspecified atom stereocenters. The highest BCUT2D eigenvalue weighted by Gasteiger charge is 2.32. The Bertz CT molecular complexity index is 984. The predicted molar refractivity (Wildman–Crippen MR) is 149 cm³/mol. The van der Waals surface area contributed by atoms with E-state index in [9.17, 15) is 18.0 Å². The molecule has 3 amide bonds. The van der Waals surface area contributed by atoms with Gasteiger partial charge < -0.3 is 10.2 Å². The van der Waals surface area contributed by atoms with E-state index < -0.39 is 15.9 Å². The van der Waals surface area contributed by atoms with Crippen LogP contribution in [-0.2, 0) is 14.6 Å². The highest BCUT2D eigenvalue weighted by atomic mass is 32.2. The molecule has 0 spiro atoms. The number of piperidine rings is 1. The van der Waals surface area contributed by atoms with Crippen LogP contribution in [0.5, 0.6) is 0 Å².